The van der Waals surface area contributed by atoms with Crippen molar-refractivity contribution in [2.24, 2.45) is 11.8 Å². The van der Waals surface area contributed by atoms with Gasteiger partial charge in [0.15, 0.2) is 0 Å². The van der Waals surface area contributed by atoms with Gasteiger partial charge in [0.1, 0.15) is 12.2 Å². The minimum Gasteiger partial charge on any atom is -0.457 e. The van der Waals surface area contributed by atoms with Crippen LogP contribution in [0.15, 0.2) is 85.5 Å². The molecule has 4 heterocycles. The van der Waals surface area contributed by atoms with E-state index in [0.717, 1.165) is 22.3 Å². The molecule has 2 fully saturated rings. The summed E-state index contributed by atoms with van der Waals surface area (Å²) >= 11 is 24.0. The van der Waals surface area contributed by atoms with Gasteiger partial charge in [-0.25, -0.2) is 0 Å². The van der Waals surface area contributed by atoms with Gasteiger partial charge in [-0.3, -0.25) is 19.6 Å². The largest absolute Gasteiger partial charge is 0.457 e. The summed E-state index contributed by atoms with van der Waals surface area (Å²) in [6, 6.07) is 18.5. The van der Waals surface area contributed by atoms with Crippen LogP contribution in [0.2, 0.25) is 20.1 Å². The number of ether oxygens (including phenoxy) is 2. The van der Waals surface area contributed by atoms with E-state index in [-0.39, 0.29) is 47.8 Å². The molecule has 2 unspecified atom stereocenters. The Balaban J connectivity index is 0.000000175. The molecule has 228 valence electrons. The number of esters is 2. The van der Waals surface area contributed by atoms with Gasteiger partial charge >= 0.3 is 11.9 Å². The summed E-state index contributed by atoms with van der Waals surface area (Å²) in [5.41, 5.74) is 3.81. The number of hydrogen-bond donors (Lipinski definition) is 0. The van der Waals surface area contributed by atoms with Crippen molar-refractivity contribution in [3.63, 3.8) is 0 Å². The smallest absolute Gasteiger partial charge is 0.309 e. The zero-order valence-electron chi connectivity index (χ0n) is 24.0. The molecule has 0 aliphatic carbocycles. The van der Waals surface area contributed by atoms with Crippen molar-refractivity contribution >= 4 is 58.3 Å². The summed E-state index contributed by atoms with van der Waals surface area (Å²) in [6.07, 6.45) is 7.47. The molecule has 6 atom stereocenters. The average Bonchev–Trinajstić information content (AvgIpc) is 3.01. The number of pyridine rings is 2. The molecule has 4 aromatic rings. The fourth-order valence-corrected chi connectivity index (χ4v) is 6.25. The molecule has 6 rings (SSSR count). The van der Waals surface area contributed by atoms with Crippen molar-refractivity contribution in [2.75, 3.05) is 0 Å². The molecule has 0 radical (unpaired) electrons. The first-order chi connectivity index (χ1) is 21.1. The van der Waals surface area contributed by atoms with E-state index in [1.54, 1.807) is 49.1 Å². The van der Waals surface area contributed by atoms with E-state index in [9.17, 15) is 9.59 Å². The lowest BCUT2D eigenvalue weighted by Crippen LogP contribution is -2.30. The van der Waals surface area contributed by atoms with Crippen molar-refractivity contribution in [3.05, 3.63) is 128 Å². The standard InChI is InChI=1S/2C17H15Cl2NO2/c2*1-10-6-15(12-7-14(19)9-20-8-12)16(22-17(10)21)11-2-4-13(18)5-3-11/h2*2-5,7-10,15-16H,6H2,1H3/t2*10?,15-,16+/m10/s1. The lowest BCUT2D eigenvalue weighted by atomic mass is 9.81. The molecular formula is C34H30Cl4N2O4. The number of carbonyl (C=O) groups is 2. The Morgan fingerprint density at radius 1 is 0.545 bits per heavy atom. The van der Waals surface area contributed by atoms with Crippen LogP contribution in [0, 0.1) is 11.8 Å². The van der Waals surface area contributed by atoms with Crippen LogP contribution in [-0.4, -0.2) is 21.9 Å². The number of nitrogens with zero attached hydrogens (tertiary/aromatic N) is 2. The Morgan fingerprint density at radius 3 is 1.25 bits per heavy atom. The lowest BCUT2D eigenvalue weighted by Gasteiger charge is -2.34. The molecule has 0 spiro atoms. The maximum Gasteiger partial charge on any atom is 0.309 e. The van der Waals surface area contributed by atoms with Crippen molar-refractivity contribution in [1.82, 2.24) is 9.97 Å². The second-order valence-electron chi connectivity index (χ2n) is 11.2. The number of rotatable bonds is 4. The first kappa shape index (κ1) is 32.2. The van der Waals surface area contributed by atoms with Crippen LogP contribution in [0.3, 0.4) is 0 Å². The van der Waals surface area contributed by atoms with E-state index < -0.39 is 0 Å². The number of cyclic esters (lactones) is 2. The fourth-order valence-electron chi connectivity index (χ4n) is 5.64. The van der Waals surface area contributed by atoms with E-state index in [4.69, 9.17) is 55.9 Å². The van der Waals surface area contributed by atoms with Crippen molar-refractivity contribution in [2.45, 2.75) is 50.7 Å². The molecule has 2 aromatic heterocycles. The van der Waals surface area contributed by atoms with Crippen molar-refractivity contribution < 1.29 is 19.1 Å². The van der Waals surface area contributed by atoms with Crippen molar-refractivity contribution in [1.29, 1.82) is 0 Å². The fraction of sp³-hybridized carbons (Fsp3) is 0.294. The average molecular weight is 672 g/mol. The van der Waals surface area contributed by atoms with E-state index in [2.05, 4.69) is 9.97 Å². The number of carbonyl (C=O) groups excluding carboxylic acids is 2. The van der Waals surface area contributed by atoms with Crippen LogP contribution in [0.25, 0.3) is 0 Å². The van der Waals surface area contributed by atoms with Gasteiger partial charge in [-0.15, -0.1) is 0 Å². The quantitative estimate of drug-likeness (QED) is 0.201. The summed E-state index contributed by atoms with van der Waals surface area (Å²) in [4.78, 5) is 32.3. The summed E-state index contributed by atoms with van der Waals surface area (Å²) in [5, 5.41) is 2.47. The molecule has 0 bridgehead atoms. The molecule has 10 heteroatoms. The topological polar surface area (TPSA) is 78.4 Å². The van der Waals surface area contributed by atoms with Crippen LogP contribution in [0.5, 0.6) is 0 Å². The highest BCUT2D eigenvalue weighted by atomic mass is 35.5. The first-order valence-electron chi connectivity index (χ1n) is 14.2. The summed E-state index contributed by atoms with van der Waals surface area (Å²) in [5.74, 6) is -0.586. The van der Waals surface area contributed by atoms with Crippen molar-refractivity contribution in [3.8, 4) is 0 Å². The molecular weight excluding hydrogens is 642 g/mol. The van der Waals surface area contributed by atoms with Crippen LogP contribution >= 0.6 is 46.4 Å². The van der Waals surface area contributed by atoms with Crippen LogP contribution in [-0.2, 0) is 19.1 Å². The molecule has 2 aliphatic rings. The highest BCUT2D eigenvalue weighted by Crippen LogP contribution is 2.44. The minimum absolute atomic E-state index is 0.0278. The van der Waals surface area contributed by atoms with Gasteiger partial charge in [-0.2, -0.15) is 0 Å². The van der Waals surface area contributed by atoms with Gasteiger partial charge in [-0.1, -0.05) is 84.5 Å². The number of aromatic nitrogens is 2. The second-order valence-corrected chi connectivity index (χ2v) is 12.9. The third kappa shape index (κ3) is 7.73. The van der Waals surface area contributed by atoms with Gasteiger partial charge in [0.05, 0.1) is 21.9 Å². The van der Waals surface area contributed by atoms with Gasteiger partial charge in [0.25, 0.3) is 0 Å². The number of halogens is 4. The monoisotopic (exact) mass is 670 g/mol. The Hall–Kier alpha value is -3.16. The Kier molecular flexibility index (Phi) is 10.5. The molecule has 2 saturated heterocycles. The van der Waals surface area contributed by atoms with Gasteiger partial charge < -0.3 is 9.47 Å². The number of hydrogen-bond acceptors (Lipinski definition) is 6. The Labute approximate surface area is 276 Å². The SMILES string of the molecule is CC1C[C@@H](c2cncc(Cl)c2)[C@@H](c2ccc(Cl)cc2)OC1=O.CC1C[C@H](c2cncc(Cl)c2)[C@H](c2ccc(Cl)cc2)OC1=O. The first-order valence-corrected chi connectivity index (χ1v) is 15.7. The van der Waals surface area contributed by atoms with E-state index >= 15 is 0 Å². The molecule has 0 saturated carbocycles. The second kappa shape index (κ2) is 14.3. The third-order valence-corrected chi connectivity index (χ3v) is 8.86. The van der Waals surface area contributed by atoms with Crippen LogP contribution < -0.4 is 0 Å². The molecule has 6 nitrogen and oxygen atoms in total. The van der Waals surface area contributed by atoms with E-state index in [0.29, 0.717) is 32.9 Å². The molecule has 0 amide bonds. The summed E-state index contributed by atoms with van der Waals surface area (Å²) in [7, 11) is 0. The molecule has 0 N–H and O–H groups in total. The summed E-state index contributed by atoms with van der Waals surface area (Å²) in [6.45, 7) is 3.76. The highest BCUT2D eigenvalue weighted by Gasteiger charge is 2.38. The van der Waals surface area contributed by atoms with Gasteiger partial charge in [0.2, 0.25) is 0 Å². The van der Waals surface area contributed by atoms with Gasteiger partial charge in [0, 0.05) is 46.7 Å². The molecule has 44 heavy (non-hydrogen) atoms. The third-order valence-electron chi connectivity index (χ3n) is 7.94. The zero-order valence-corrected chi connectivity index (χ0v) is 27.0. The Bertz CT molecular complexity index is 1500. The maximum absolute atomic E-state index is 12.0. The minimum atomic E-state index is -0.346. The van der Waals surface area contributed by atoms with E-state index in [1.165, 1.54) is 0 Å². The highest BCUT2D eigenvalue weighted by molar-refractivity contribution is 6.31. The van der Waals surface area contributed by atoms with Crippen LogP contribution in [0.1, 0.15) is 73.0 Å². The van der Waals surface area contributed by atoms with E-state index in [1.807, 2.05) is 50.2 Å². The normalized spacial score (nSPS) is 24.9. The predicted octanol–water partition coefficient (Wildman–Crippen LogP) is 9.59. The predicted molar refractivity (Wildman–Crippen MR) is 172 cm³/mol. The van der Waals surface area contributed by atoms with Gasteiger partial charge in [-0.05, 0) is 71.5 Å². The van der Waals surface area contributed by atoms with Crippen LogP contribution in [0.4, 0.5) is 0 Å². The molecule has 2 aromatic carbocycles. The maximum atomic E-state index is 12.0. The molecule has 2 aliphatic heterocycles. The lowest BCUT2D eigenvalue weighted by molar-refractivity contribution is -0.162. The number of benzene rings is 2. The zero-order chi connectivity index (χ0) is 31.4. The Morgan fingerprint density at radius 2 is 0.909 bits per heavy atom. The summed E-state index contributed by atoms with van der Waals surface area (Å²) < 4.78 is 11.4.